The van der Waals surface area contributed by atoms with E-state index in [0.717, 1.165) is 11.5 Å². The summed E-state index contributed by atoms with van der Waals surface area (Å²) >= 11 is 0. The number of ether oxygens (including phenoxy) is 2. The molecule has 0 spiro atoms. The van der Waals surface area contributed by atoms with Crippen LogP contribution >= 0.6 is 0 Å². The van der Waals surface area contributed by atoms with Gasteiger partial charge in [0.1, 0.15) is 32.8 Å². The Hall–Kier alpha value is -3.90. The number of hydrogen-bond acceptors (Lipinski definition) is 4. The van der Waals surface area contributed by atoms with E-state index in [1.807, 2.05) is 0 Å². The van der Waals surface area contributed by atoms with Crippen molar-refractivity contribution in [2.24, 2.45) is 11.5 Å². The van der Waals surface area contributed by atoms with Crippen molar-refractivity contribution in [3.05, 3.63) is 131 Å². The van der Waals surface area contributed by atoms with Crippen LogP contribution in [0.1, 0.15) is 22.3 Å². The molecule has 1 aliphatic heterocycles. The molecule has 5 rings (SSSR count). The molecule has 0 atom stereocenters. The van der Waals surface area contributed by atoms with Crippen molar-refractivity contribution in [2.45, 2.75) is 13.1 Å². The fraction of sp³-hybridized carbons (Fsp3) is 0.176. The minimum Gasteiger partial charge on any atom is -0.492 e. The van der Waals surface area contributed by atoms with Gasteiger partial charge < -0.3 is 20.9 Å². The summed E-state index contributed by atoms with van der Waals surface area (Å²) in [6.45, 7) is 6.94. The van der Waals surface area contributed by atoms with Crippen molar-refractivity contribution in [3.63, 3.8) is 0 Å². The number of benzene rings is 4. The van der Waals surface area contributed by atoms with Gasteiger partial charge in [0, 0.05) is 13.1 Å². The summed E-state index contributed by atoms with van der Waals surface area (Å²) in [5.41, 5.74) is 18.9. The number of rotatable bonds is 10. The number of hydrogen-bond donors (Lipinski definition) is 2. The van der Waals surface area contributed by atoms with E-state index in [0.29, 0.717) is 26.3 Å². The Morgan fingerprint density at radius 1 is 0.487 bits per heavy atom. The smallest absolute Gasteiger partial charge is 0.119 e. The normalized spacial score (nSPS) is 14.6. The molecule has 0 amide bonds. The lowest BCUT2D eigenvalue weighted by Gasteiger charge is -2.27. The van der Waals surface area contributed by atoms with Crippen LogP contribution in [0.2, 0.25) is 13.1 Å². The van der Waals surface area contributed by atoms with Gasteiger partial charge in [-0.05, 0) is 68.1 Å². The highest BCUT2D eigenvalue weighted by molar-refractivity contribution is 7.13. The molecule has 0 fully saturated rings. The lowest BCUT2D eigenvalue weighted by Crippen LogP contribution is -2.28. The van der Waals surface area contributed by atoms with Crippen LogP contribution in [-0.2, 0) is 0 Å². The SMILES string of the molecule is C[Si]1(C)C(c2ccc(OCCN)cc2)=C(c2ccccc2)C(c2ccccc2)=C1c1ccc(OCCN)cc1. The summed E-state index contributed by atoms with van der Waals surface area (Å²) in [5, 5.41) is 2.85. The van der Waals surface area contributed by atoms with E-state index >= 15 is 0 Å². The Bertz CT molecular complexity index is 1350. The number of allylic oxidation sites excluding steroid dienone is 2. The van der Waals surface area contributed by atoms with Crippen LogP contribution in [0, 0.1) is 0 Å². The predicted octanol–water partition coefficient (Wildman–Crippen LogP) is 6.68. The zero-order valence-electron chi connectivity index (χ0n) is 22.7. The van der Waals surface area contributed by atoms with Gasteiger partial charge in [-0.25, -0.2) is 0 Å². The van der Waals surface area contributed by atoms with E-state index in [-0.39, 0.29) is 0 Å². The van der Waals surface area contributed by atoms with Gasteiger partial charge in [0.15, 0.2) is 0 Å². The Labute approximate surface area is 232 Å². The molecule has 4 aromatic carbocycles. The fourth-order valence-electron chi connectivity index (χ4n) is 5.59. The Morgan fingerprint density at radius 3 is 1.18 bits per heavy atom. The van der Waals surface area contributed by atoms with Crippen molar-refractivity contribution in [1.82, 2.24) is 0 Å². The first-order valence-electron chi connectivity index (χ1n) is 13.5. The lowest BCUT2D eigenvalue weighted by molar-refractivity contribution is 0.328. The second-order valence-electron chi connectivity index (χ2n) is 10.2. The molecule has 0 radical (unpaired) electrons. The highest BCUT2D eigenvalue weighted by atomic mass is 28.3. The summed E-state index contributed by atoms with van der Waals surface area (Å²) in [5.74, 6) is 1.68. The third-order valence-corrected chi connectivity index (χ3v) is 10.8. The molecule has 0 bridgehead atoms. The molecule has 1 aliphatic rings. The Morgan fingerprint density at radius 2 is 0.846 bits per heavy atom. The highest BCUT2D eigenvalue weighted by Gasteiger charge is 2.43. The molecule has 0 saturated heterocycles. The van der Waals surface area contributed by atoms with Gasteiger partial charge in [0.05, 0.1) is 0 Å². The molecule has 4 aromatic rings. The summed E-state index contributed by atoms with van der Waals surface area (Å²) in [6, 6.07) is 38.7. The second kappa shape index (κ2) is 11.9. The van der Waals surface area contributed by atoms with E-state index in [2.05, 4.69) is 122 Å². The number of nitrogens with two attached hydrogens (primary N) is 2. The minimum atomic E-state index is -2.22. The first-order valence-corrected chi connectivity index (χ1v) is 16.5. The second-order valence-corrected chi connectivity index (χ2v) is 14.4. The average molecular weight is 533 g/mol. The van der Waals surface area contributed by atoms with Crippen LogP contribution in [0.15, 0.2) is 109 Å². The minimum absolute atomic E-state index is 0.495. The van der Waals surface area contributed by atoms with Crippen molar-refractivity contribution < 1.29 is 9.47 Å². The summed E-state index contributed by atoms with van der Waals surface area (Å²) < 4.78 is 11.6. The van der Waals surface area contributed by atoms with Crippen LogP contribution < -0.4 is 20.9 Å². The van der Waals surface area contributed by atoms with Gasteiger partial charge in [-0.3, -0.25) is 0 Å². The molecular weight excluding hydrogens is 496 g/mol. The molecule has 0 unspecified atom stereocenters. The molecule has 1 heterocycles. The molecule has 198 valence electrons. The first-order chi connectivity index (χ1) is 19.0. The molecule has 0 aromatic heterocycles. The van der Waals surface area contributed by atoms with E-state index in [1.165, 1.54) is 43.8 Å². The van der Waals surface area contributed by atoms with Gasteiger partial charge in [-0.2, -0.15) is 0 Å². The summed E-state index contributed by atoms with van der Waals surface area (Å²) in [4.78, 5) is 0. The van der Waals surface area contributed by atoms with Crippen molar-refractivity contribution in [3.8, 4) is 11.5 Å². The lowest BCUT2D eigenvalue weighted by atomic mass is 9.89. The molecule has 0 saturated carbocycles. The monoisotopic (exact) mass is 532 g/mol. The Kier molecular flexibility index (Phi) is 8.12. The van der Waals surface area contributed by atoms with E-state index in [9.17, 15) is 0 Å². The maximum atomic E-state index is 5.80. The van der Waals surface area contributed by atoms with E-state index in [1.54, 1.807) is 0 Å². The molecule has 39 heavy (non-hydrogen) atoms. The third kappa shape index (κ3) is 5.48. The highest BCUT2D eigenvalue weighted by Crippen LogP contribution is 2.55. The quantitative estimate of drug-likeness (QED) is 0.223. The van der Waals surface area contributed by atoms with Crippen molar-refractivity contribution >= 4 is 29.6 Å². The van der Waals surface area contributed by atoms with Gasteiger partial charge in [0.2, 0.25) is 0 Å². The zero-order valence-corrected chi connectivity index (χ0v) is 23.7. The van der Waals surface area contributed by atoms with Gasteiger partial charge >= 0.3 is 0 Å². The van der Waals surface area contributed by atoms with Gasteiger partial charge in [0.25, 0.3) is 0 Å². The fourth-order valence-corrected chi connectivity index (χ4v) is 9.40. The van der Waals surface area contributed by atoms with Crippen molar-refractivity contribution in [2.75, 3.05) is 26.3 Å². The van der Waals surface area contributed by atoms with E-state index < -0.39 is 8.07 Å². The molecule has 0 aliphatic carbocycles. The molecule has 4 N–H and O–H groups in total. The Balaban J connectivity index is 1.74. The molecule has 5 heteroatoms. The van der Waals surface area contributed by atoms with Crippen LogP contribution in [0.3, 0.4) is 0 Å². The first kappa shape index (κ1) is 26.7. The van der Waals surface area contributed by atoms with Gasteiger partial charge in [-0.1, -0.05) is 98.0 Å². The topological polar surface area (TPSA) is 70.5 Å². The zero-order chi connectivity index (χ0) is 27.2. The van der Waals surface area contributed by atoms with E-state index in [4.69, 9.17) is 20.9 Å². The molecular formula is C34H36N2O2Si. The van der Waals surface area contributed by atoms with Gasteiger partial charge in [-0.15, -0.1) is 0 Å². The van der Waals surface area contributed by atoms with Crippen LogP contribution in [0.5, 0.6) is 11.5 Å². The maximum Gasteiger partial charge on any atom is 0.119 e. The summed E-state index contributed by atoms with van der Waals surface area (Å²) in [7, 11) is -2.22. The van der Waals surface area contributed by atoms with Crippen molar-refractivity contribution in [1.29, 1.82) is 0 Å². The average Bonchev–Trinajstić information content (AvgIpc) is 3.23. The molecule has 4 nitrogen and oxygen atoms in total. The van der Waals surface area contributed by atoms with Crippen LogP contribution in [-0.4, -0.2) is 34.4 Å². The van der Waals surface area contributed by atoms with Crippen LogP contribution in [0.4, 0.5) is 0 Å². The standard InChI is InChI=1S/C34H36N2O2Si/c1-39(2)33(27-13-17-29(18-14-27)37-23-21-35)31(25-9-5-3-6-10-25)32(26-11-7-4-8-12-26)34(39)28-15-19-30(20-16-28)38-24-22-36/h3-20H,21-24,35-36H2,1-2H3. The van der Waals surface area contributed by atoms with Crippen LogP contribution in [0.25, 0.3) is 21.5 Å². The maximum absolute atomic E-state index is 5.80. The third-order valence-electron chi connectivity index (χ3n) is 7.18. The largest absolute Gasteiger partial charge is 0.492 e. The predicted molar refractivity (Wildman–Crippen MR) is 166 cm³/mol. The summed E-state index contributed by atoms with van der Waals surface area (Å²) in [6.07, 6.45) is 0.